The first-order chi connectivity index (χ1) is 10.8. The topological polar surface area (TPSA) is 76.4 Å². The Hall–Kier alpha value is -1.62. The monoisotopic (exact) mass is 315 g/mol. The van der Waals surface area contributed by atoms with E-state index in [4.69, 9.17) is 14.0 Å². The van der Waals surface area contributed by atoms with Crippen molar-refractivity contribution in [3.05, 3.63) is 17.8 Å². The highest BCUT2D eigenvalue weighted by Gasteiger charge is 2.51. The van der Waals surface area contributed by atoms with E-state index in [-0.39, 0.29) is 6.04 Å². The minimum atomic E-state index is -0.511. The van der Waals surface area contributed by atoms with Crippen LogP contribution in [0.3, 0.4) is 0 Å². The molecule has 0 amide bonds. The van der Waals surface area contributed by atoms with E-state index in [9.17, 15) is 5.26 Å². The van der Waals surface area contributed by atoms with Gasteiger partial charge >= 0.3 is 7.12 Å². The number of hydrogen-bond acceptors (Lipinski definition) is 6. The van der Waals surface area contributed by atoms with Crippen LogP contribution in [0.5, 0.6) is 0 Å². The minimum absolute atomic E-state index is 0.206. The smallest absolute Gasteiger partial charge is 0.399 e. The van der Waals surface area contributed by atoms with E-state index >= 15 is 0 Å². The molecule has 1 N–H and O–H groups in total. The summed E-state index contributed by atoms with van der Waals surface area (Å²) in [5, 5.41) is 12.7. The summed E-state index contributed by atoms with van der Waals surface area (Å²) in [5.74, 6) is 0.586. The van der Waals surface area contributed by atoms with E-state index < -0.39 is 18.3 Å². The number of rotatable bonds is 3. The van der Waals surface area contributed by atoms with Crippen LogP contribution in [0.1, 0.15) is 39.7 Å². The third-order valence-corrected chi connectivity index (χ3v) is 4.83. The Morgan fingerprint density at radius 1 is 1.30 bits per heavy atom. The second-order valence-electron chi connectivity index (χ2n) is 7.07. The summed E-state index contributed by atoms with van der Waals surface area (Å²) in [6, 6.07) is 4.19. The maximum atomic E-state index is 9.42. The van der Waals surface area contributed by atoms with E-state index in [0.717, 1.165) is 18.5 Å². The molecule has 2 fully saturated rings. The first-order valence-corrected chi connectivity index (χ1v) is 7.92. The van der Waals surface area contributed by atoms with Gasteiger partial charge in [-0.15, -0.1) is 0 Å². The van der Waals surface area contributed by atoms with Crippen LogP contribution in [0, 0.1) is 11.3 Å². The molecule has 2 saturated heterocycles. The third-order valence-electron chi connectivity index (χ3n) is 4.83. The van der Waals surface area contributed by atoms with Gasteiger partial charge in [-0.3, -0.25) is 0 Å². The van der Waals surface area contributed by atoms with Crippen molar-refractivity contribution in [2.45, 2.75) is 51.4 Å². The number of aromatic nitrogens is 1. The number of nitrogens with zero attached hydrogens (tertiary/aromatic N) is 2. The number of nitrogens with one attached hydrogen (secondary N) is 1. The Balaban J connectivity index is 1.81. The van der Waals surface area contributed by atoms with Crippen LogP contribution in [0.4, 0.5) is 5.82 Å². The number of ether oxygens (including phenoxy) is 1. The molecule has 1 aromatic heterocycles. The van der Waals surface area contributed by atoms with Crippen LogP contribution in [0.2, 0.25) is 0 Å². The molecule has 2 aliphatic heterocycles. The van der Waals surface area contributed by atoms with Crippen LogP contribution in [-0.2, 0) is 14.0 Å². The Morgan fingerprint density at radius 2 is 2.00 bits per heavy atom. The van der Waals surface area contributed by atoms with Crippen LogP contribution < -0.4 is 10.8 Å². The first kappa shape index (κ1) is 16.3. The number of hydrogen-bond donors (Lipinski definition) is 1. The molecule has 3 rings (SSSR count). The molecule has 1 atom stereocenters. The van der Waals surface area contributed by atoms with Crippen LogP contribution in [0.25, 0.3) is 0 Å². The van der Waals surface area contributed by atoms with E-state index in [1.54, 1.807) is 12.3 Å². The summed E-state index contributed by atoms with van der Waals surface area (Å²) in [5.41, 5.74) is 0.420. The zero-order chi connectivity index (χ0) is 16.7. The zero-order valence-corrected chi connectivity index (χ0v) is 14.0. The van der Waals surface area contributed by atoms with Crippen molar-refractivity contribution >= 4 is 18.4 Å². The van der Waals surface area contributed by atoms with Crippen molar-refractivity contribution in [3.8, 4) is 6.07 Å². The van der Waals surface area contributed by atoms with Crippen LogP contribution >= 0.6 is 0 Å². The summed E-state index contributed by atoms with van der Waals surface area (Å²) in [7, 11) is -0.511. The molecule has 0 bridgehead atoms. The summed E-state index contributed by atoms with van der Waals surface area (Å²) in [4.78, 5) is 4.40. The Kier molecular flexibility index (Phi) is 4.09. The van der Waals surface area contributed by atoms with Gasteiger partial charge in [0, 0.05) is 18.3 Å². The second kappa shape index (κ2) is 5.79. The minimum Gasteiger partial charge on any atom is -0.399 e. The molecule has 0 saturated carbocycles. The van der Waals surface area contributed by atoms with Gasteiger partial charge < -0.3 is 19.4 Å². The quantitative estimate of drug-likeness (QED) is 0.851. The summed E-state index contributed by atoms with van der Waals surface area (Å²) in [6.07, 6.45) is 2.63. The lowest BCUT2D eigenvalue weighted by Crippen LogP contribution is -2.41. The second-order valence-corrected chi connectivity index (χ2v) is 7.07. The number of anilines is 1. The zero-order valence-electron chi connectivity index (χ0n) is 14.0. The molecule has 23 heavy (non-hydrogen) atoms. The summed E-state index contributed by atoms with van der Waals surface area (Å²) >= 11 is 0. The molecular weight excluding hydrogens is 293 g/mol. The SMILES string of the molecule is CC1(C)OB(c2cnc(NC3CCOC3)c(C#N)c2)OC1(C)C. The Labute approximate surface area is 137 Å². The molecular formula is C16H22BN3O3. The molecule has 3 heterocycles. The number of pyridine rings is 1. The lowest BCUT2D eigenvalue weighted by atomic mass is 9.79. The van der Waals surface area contributed by atoms with Gasteiger partial charge in [0.1, 0.15) is 11.9 Å². The lowest BCUT2D eigenvalue weighted by molar-refractivity contribution is 0.00578. The van der Waals surface area contributed by atoms with E-state index in [1.165, 1.54) is 0 Å². The molecule has 122 valence electrons. The molecule has 0 aromatic carbocycles. The van der Waals surface area contributed by atoms with Gasteiger partial charge in [-0.1, -0.05) is 0 Å². The molecule has 2 aliphatic rings. The van der Waals surface area contributed by atoms with Gasteiger partial charge in [-0.2, -0.15) is 5.26 Å². The maximum absolute atomic E-state index is 9.42. The van der Waals surface area contributed by atoms with Gasteiger partial charge in [0.25, 0.3) is 0 Å². The van der Waals surface area contributed by atoms with Crippen LogP contribution in [-0.4, -0.2) is 42.6 Å². The maximum Gasteiger partial charge on any atom is 0.496 e. The molecule has 0 spiro atoms. The van der Waals surface area contributed by atoms with Crippen LogP contribution in [0.15, 0.2) is 12.3 Å². The summed E-state index contributed by atoms with van der Waals surface area (Å²) < 4.78 is 17.4. The Bertz CT molecular complexity index is 620. The van der Waals surface area contributed by atoms with Gasteiger partial charge in [0.2, 0.25) is 0 Å². The highest BCUT2D eigenvalue weighted by atomic mass is 16.7. The van der Waals surface area contributed by atoms with Gasteiger partial charge in [0.15, 0.2) is 0 Å². The van der Waals surface area contributed by atoms with Crippen molar-refractivity contribution in [1.82, 2.24) is 4.98 Å². The van der Waals surface area contributed by atoms with Crippen molar-refractivity contribution in [2.75, 3.05) is 18.5 Å². The molecule has 6 nitrogen and oxygen atoms in total. The van der Waals surface area contributed by atoms with Crippen molar-refractivity contribution < 1.29 is 14.0 Å². The van der Waals surface area contributed by atoms with Crippen molar-refractivity contribution in [2.24, 2.45) is 0 Å². The fourth-order valence-corrected chi connectivity index (χ4v) is 2.63. The first-order valence-electron chi connectivity index (χ1n) is 7.92. The number of nitriles is 1. The molecule has 0 aliphatic carbocycles. The average molecular weight is 315 g/mol. The predicted molar refractivity (Wildman–Crippen MR) is 87.5 cm³/mol. The Morgan fingerprint density at radius 3 is 2.57 bits per heavy atom. The third kappa shape index (κ3) is 3.07. The van der Waals surface area contributed by atoms with Crippen molar-refractivity contribution in [3.63, 3.8) is 0 Å². The van der Waals surface area contributed by atoms with Gasteiger partial charge in [0.05, 0.1) is 29.4 Å². The lowest BCUT2D eigenvalue weighted by Gasteiger charge is -2.32. The molecule has 1 unspecified atom stereocenters. The van der Waals surface area contributed by atoms with Gasteiger partial charge in [-0.25, -0.2) is 4.98 Å². The fraction of sp³-hybridized carbons (Fsp3) is 0.625. The largest absolute Gasteiger partial charge is 0.496 e. The fourth-order valence-electron chi connectivity index (χ4n) is 2.63. The standard InChI is InChI=1S/C16H22BN3O3/c1-15(2)16(3,4)23-17(22-15)12-7-11(8-18)14(19-9-12)20-13-5-6-21-10-13/h7,9,13H,5-6,10H2,1-4H3,(H,19,20). The average Bonchev–Trinajstić information content (AvgIpc) is 3.06. The van der Waals surface area contributed by atoms with E-state index in [1.807, 2.05) is 27.7 Å². The summed E-state index contributed by atoms with van der Waals surface area (Å²) in [6.45, 7) is 9.39. The predicted octanol–water partition coefficient (Wildman–Crippen LogP) is 1.45. The normalized spacial score (nSPS) is 25.3. The van der Waals surface area contributed by atoms with E-state index in [2.05, 4.69) is 16.4 Å². The highest BCUT2D eigenvalue weighted by Crippen LogP contribution is 2.36. The van der Waals surface area contributed by atoms with E-state index in [0.29, 0.717) is 18.0 Å². The molecule has 0 radical (unpaired) electrons. The van der Waals surface area contributed by atoms with Gasteiger partial charge in [-0.05, 0) is 40.2 Å². The van der Waals surface area contributed by atoms with Crippen molar-refractivity contribution in [1.29, 1.82) is 5.26 Å². The molecule has 7 heteroatoms. The highest BCUT2D eigenvalue weighted by molar-refractivity contribution is 6.62. The molecule has 1 aromatic rings.